The first-order valence-electron chi connectivity index (χ1n) is 9.93. The molecule has 2 aromatic carbocycles. The molecule has 2 aromatic rings. The van der Waals surface area contributed by atoms with Gasteiger partial charge in [0.25, 0.3) is 5.91 Å². The van der Waals surface area contributed by atoms with E-state index in [9.17, 15) is 15.0 Å². The summed E-state index contributed by atoms with van der Waals surface area (Å²) in [6.45, 7) is 2.83. The summed E-state index contributed by atoms with van der Waals surface area (Å²) in [6.07, 6.45) is 2.16. The molecular formula is C22H26N2O5. The van der Waals surface area contributed by atoms with Crippen LogP contribution in [0.3, 0.4) is 0 Å². The van der Waals surface area contributed by atoms with Gasteiger partial charge >= 0.3 is 0 Å². The topological polar surface area (TPSA) is 100 Å². The van der Waals surface area contributed by atoms with Crippen LogP contribution in [0.4, 0.5) is 5.69 Å². The minimum Gasteiger partial charge on any atom is -0.506 e. The van der Waals surface area contributed by atoms with Gasteiger partial charge in [0.15, 0.2) is 12.4 Å². The molecule has 1 unspecified atom stereocenters. The SMILES string of the molecule is CCOc1ccc(CC2(NCC(O)c3ccc(O)c4c3OCC(=O)N4)CC2)cc1. The van der Waals surface area contributed by atoms with Gasteiger partial charge in [0.2, 0.25) is 0 Å². The molecule has 0 aromatic heterocycles. The van der Waals surface area contributed by atoms with Gasteiger partial charge < -0.3 is 30.3 Å². The number of nitrogens with one attached hydrogen (secondary N) is 2. The molecule has 0 radical (unpaired) electrons. The standard InChI is InChI=1S/C22H26N2O5/c1-2-28-15-5-3-14(4-6-15)11-22(9-10-22)23-12-18(26)16-7-8-17(25)20-21(16)29-13-19(27)24-20/h3-8,18,23,25-26H,2,9-13H2,1H3,(H,24,27). The first-order chi connectivity index (χ1) is 14.0. The number of amides is 1. The highest BCUT2D eigenvalue weighted by Crippen LogP contribution is 2.43. The molecule has 1 saturated carbocycles. The number of phenols is 1. The van der Waals surface area contributed by atoms with Gasteiger partial charge in [-0.1, -0.05) is 12.1 Å². The van der Waals surface area contributed by atoms with Crippen molar-refractivity contribution in [1.82, 2.24) is 5.32 Å². The lowest BCUT2D eigenvalue weighted by Gasteiger charge is -2.25. The number of hydrogen-bond donors (Lipinski definition) is 4. The molecule has 1 atom stereocenters. The van der Waals surface area contributed by atoms with Crippen molar-refractivity contribution < 1.29 is 24.5 Å². The number of ether oxygens (including phenoxy) is 2. The van der Waals surface area contributed by atoms with E-state index in [-0.39, 0.29) is 29.5 Å². The number of anilines is 1. The maximum Gasteiger partial charge on any atom is 0.262 e. The van der Waals surface area contributed by atoms with Gasteiger partial charge in [-0.3, -0.25) is 4.79 Å². The van der Waals surface area contributed by atoms with Gasteiger partial charge in [-0.2, -0.15) is 0 Å². The van der Waals surface area contributed by atoms with Gasteiger partial charge in [-0.05, 0) is 56.0 Å². The number of carbonyl (C=O) groups is 1. The smallest absolute Gasteiger partial charge is 0.262 e. The van der Waals surface area contributed by atoms with E-state index in [2.05, 4.69) is 22.8 Å². The van der Waals surface area contributed by atoms with Gasteiger partial charge in [-0.15, -0.1) is 0 Å². The molecule has 1 aliphatic carbocycles. The van der Waals surface area contributed by atoms with Crippen LogP contribution >= 0.6 is 0 Å². The maximum absolute atomic E-state index is 11.5. The number of phenolic OH excluding ortho intramolecular Hbond substituents is 1. The van der Waals surface area contributed by atoms with E-state index >= 15 is 0 Å². The minimum absolute atomic E-state index is 0.0137. The Bertz CT molecular complexity index is 893. The van der Waals surface area contributed by atoms with Crippen LogP contribution in [0, 0.1) is 0 Å². The van der Waals surface area contributed by atoms with Gasteiger partial charge in [0, 0.05) is 17.6 Å². The first kappa shape index (κ1) is 19.5. The van der Waals surface area contributed by atoms with Crippen molar-refractivity contribution in [3.63, 3.8) is 0 Å². The highest BCUT2D eigenvalue weighted by molar-refractivity contribution is 5.97. The lowest BCUT2D eigenvalue weighted by atomic mass is 10.0. The molecule has 0 spiro atoms. The Morgan fingerprint density at radius 2 is 2.00 bits per heavy atom. The summed E-state index contributed by atoms with van der Waals surface area (Å²) >= 11 is 0. The quantitative estimate of drug-likeness (QED) is 0.510. The van der Waals surface area contributed by atoms with Gasteiger partial charge in [0.1, 0.15) is 17.2 Å². The molecule has 2 aliphatic rings. The van der Waals surface area contributed by atoms with Crippen LogP contribution in [0.25, 0.3) is 0 Å². The third-order valence-corrected chi connectivity index (χ3v) is 5.44. The molecule has 1 amide bonds. The van der Waals surface area contributed by atoms with Crippen molar-refractivity contribution in [1.29, 1.82) is 0 Å². The number of β-amino-alcohol motifs (C(OH)–C–C–N with tert-alkyl or cyclic N) is 1. The Morgan fingerprint density at radius 1 is 1.24 bits per heavy atom. The van der Waals surface area contributed by atoms with E-state index in [0.717, 1.165) is 25.0 Å². The molecule has 0 bridgehead atoms. The largest absolute Gasteiger partial charge is 0.506 e. The van der Waals surface area contributed by atoms with E-state index in [0.29, 0.717) is 24.5 Å². The van der Waals surface area contributed by atoms with E-state index in [4.69, 9.17) is 9.47 Å². The fraction of sp³-hybridized carbons (Fsp3) is 0.409. The van der Waals surface area contributed by atoms with Crippen molar-refractivity contribution in [2.24, 2.45) is 0 Å². The van der Waals surface area contributed by atoms with Crippen LogP contribution < -0.4 is 20.1 Å². The fourth-order valence-corrected chi connectivity index (χ4v) is 3.69. The fourth-order valence-electron chi connectivity index (χ4n) is 3.69. The summed E-state index contributed by atoms with van der Waals surface area (Å²) in [6, 6.07) is 11.2. The number of aromatic hydroxyl groups is 1. The van der Waals surface area contributed by atoms with Crippen molar-refractivity contribution in [2.75, 3.05) is 25.1 Å². The number of hydrogen-bond acceptors (Lipinski definition) is 6. The van der Waals surface area contributed by atoms with E-state index in [1.54, 1.807) is 6.07 Å². The lowest BCUT2D eigenvalue weighted by molar-refractivity contribution is -0.118. The predicted octanol–water partition coefficient (Wildman–Crippen LogP) is 2.52. The van der Waals surface area contributed by atoms with Crippen LogP contribution in [0.2, 0.25) is 0 Å². The number of benzene rings is 2. The third kappa shape index (κ3) is 4.31. The molecule has 7 nitrogen and oxygen atoms in total. The zero-order valence-electron chi connectivity index (χ0n) is 16.4. The van der Waals surface area contributed by atoms with Crippen LogP contribution in [-0.4, -0.2) is 41.4 Å². The molecule has 29 heavy (non-hydrogen) atoms. The number of rotatable bonds is 8. The normalized spacial score (nSPS) is 17.7. The average molecular weight is 398 g/mol. The first-order valence-corrected chi connectivity index (χ1v) is 9.93. The summed E-state index contributed by atoms with van der Waals surface area (Å²) in [4.78, 5) is 11.5. The molecule has 1 fully saturated rings. The summed E-state index contributed by atoms with van der Waals surface area (Å²) < 4.78 is 11.0. The summed E-state index contributed by atoms with van der Waals surface area (Å²) in [7, 11) is 0. The van der Waals surface area contributed by atoms with Gasteiger partial charge in [0.05, 0.1) is 12.7 Å². The van der Waals surface area contributed by atoms with Gasteiger partial charge in [-0.25, -0.2) is 0 Å². The second-order valence-electron chi connectivity index (χ2n) is 7.65. The number of aliphatic hydroxyl groups is 1. The van der Waals surface area contributed by atoms with Crippen molar-refractivity contribution >= 4 is 11.6 Å². The summed E-state index contributed by atoms with van der Waals surface area (Å²) in [5.41, 5.74) is 1.97. The molecule has 0 saturated heterocycles. The molecule has 1 heterocycles. The molecule has 1 aliphatic heterocycles. The highest BCUT2D eigenvalue weighted by Gasteiger charge is 2.42. The van der Waals surface area contributed by atoms with E-state index in [1.807, 2.05) is 19.1 Å². The van der Waals surface area contributed by atoms with E-state index in [1.165, 1.54) is 11.6 Å². The third-order valence-electron chi connectivity index (χ3n) is 5.44. The van der Waals surface area contributed by atoms with Crippen LogP contribution in [0.5, 0.6) is 17.2 Å². The van der Waals surface area contributed by atoms with Crippen LogP contribution in [-0.2, 0) is 11.2 Å². The Kier molecular flexibility index (Phi) is 5.34. The Labute approximate surface area is 169 Å². The zero-order valence-corrected chi connectivity index (χ0v) is 16.4. The molecular weight excluding hydrogens is 372 g/mol. The second-order valence-corrected chi connectivity index (χ2v) is 7.65. The van der Waals surface area contributed by atoms with E-state index < -0.39 is 6.10 Å². The minimum atomic E-state index is -0.822. The average Bonchev–Trinajstić information content (AvgIpc) is 3.48. The monoisotopic (exact) mass is 398 g/mol. The molecule has 4 N–H and O–H groups in total. The number of carbonyl (C=O) groups excluding carboxylic acids is 1. The van der Waals surface area contributed by atoms with Crippen molar-refractivity contribution in [3.05, 3.63) is 47.5 Å². The number of aliphatic hydroxyl groups excluding tert-OH is 1. The Hall–Kier alpha value is -2.77. The van der Waals surface area contributed by atoms with Crippen LogP contribution in [0.15, 0.2) is 36.4 Å². The van der Waals surface area contributed by atoms with Crippen LogP contribution in [0.1, 0.15) is 37.0 Å². The summed E-state index contributed by atoms with van der Waals surface area (Å²) in [5, 5.41) is 26.8. The highest BCUT2D eigenvalue weighted by atomic mass is 16.5. The Morgan fingerprint density at radius 3 is 2.69 bits per heavy atom. The summed E-state index contributed by atoms with van der Waals surface area (Å²) in [5.74, 6) is 0.792. The lowest BCUT2D eigenvalue weighted by Crippen LogP contribution is -2.37. The second kappa shape index (κ2) is 7.93. The Balaban J connectivity index is 1.40. The molecule has 7 heteroatoms. The molecule has 4 rings (SSSR count). The van der Waals surface area contributed by atoms with Crippen molar-refractivity contribution in [3.8, 4) is 17.2 Å². The van der Waals surface area contributed by atoms with Crippen molar-refractivity contribution in [2.45, 2.75) is 37.8 Å². The zero-order chi connectivity index (χ0) is 20.4. The molecule has 154 valence electrons. The number of fused-ring (bicyclic) bond motifs is 1. The predicted molar refractivity (Wildman–Crippen MR) is 108 cm³/mol. The maximum atomic E-state index is 11.5.